The molecule has 0 unspecified atom stereocenters. The van der Waals surface area contributed by atoms with Crippen LogP contribution >= 0.6 is 0 Å². The van der Waals surface area contributed by atoms with Crippen molar-refractivity contribution in [2.45, 2.75) is 17.5 Å². The molecule has 1 aromatic heterocycles. The number of nitrogens with two attached hydrogens (primary N) is 1. The first-order valence-electron chi connectivity index (χ1n) is 8.36. The Morgan fingerprint density at radius 1 is 1.07 bits per heavy atom. The van der Waals surface area contributed by atoms with Crippen LogP contribution in [0.25, 0.3) is 0 Å². The number of hydrogen-bond acceptors (Lipinski definition) is 6. The molecule has 0 fully saturated rings. The lowest BCUT2D eigenvalue weighted by molar-refractivity contribution is -0.119. The third-order valence-corrected chi connectivity index (χ3v) is 5.31. The lowest BCUT2D eigenvalue weighted by Gasteiger charge is -2.19. The Kier molecular flexibility index (Phi) is 6.02. The van der Waals surface area contributed by atoms with Crippen LogP contribution in [0, 0.1) is 0 Å². The van der Waals surface area contributed by atoms with E-state index < -0.39 is 22.0 Å². The van der Waals surface area contributed by atoms with E-state index in [1.165, 1.54) is 41.5 Å². The number of nitrogens with zero attached hydrogens (tertiary/aromatic N) is 3. The van der Waals surface area contributed by atoms with Gasteiger partial charge in [0.1, 0.15) is 5.75 Å². The molecule has 10 heteroatoms. The molecule has 0 spiro atoms. The van der Waals surface area contributed by atoms with Crippen molar-refractivity contribution in [1.82, 2.24) is 19.7 Å². The number of hydrogen-bond donors (Lipinski definition) is 2. The van der Waals surface area contributed by atoms with E-state index in [1.54, 1.807) is 0 Å². The van der Waals surface area contributed by atoms with Crippen molar-refractivity contribution in [1.29, 1.82) is 0 Å². The number of carbonyl (C=O) groups is 1. The van der Waals surface area contributed by atoms with Crippen molar-refractivity contribution in [2.75, 3.05) is 6.61 Å². The number of amides is 1. The molecule has 2 aromatic carbocycles. The van der Waals surface area contributed by atoms with Crippen molar-refractivity contribution < 1.29 is 17.9 Å². The highest BCUT2D eigenvalue weighted by molar-refractivity contribution is 7.89. The number of primary amides is 1. The highest BCUT2D eigenvalue weighted by Gasteiger charge is 2.22. The molecule has 0 aliphatic heterocycles. The first kappa shape index (κ1) is 19.5. The largest absolute Gasteiger partial charge is 0.484 e. The zero-order chi connectivity index (χ0) is 20.0. The summed E-state index contributed by atoms with van der Waals surface area (Å²) < 4.78 is 33.5. The van der Waals surface area contributed by atoms with Gasteiger partial charge in [0.15, 0.2) is 6.61 Å². The van der Waals surface area contributed by atoms with Crippen molar-refractivity contribution in [3.05, 3.63) is 72.6 Å². The van der Waals surface area contributed by atoms with Crippen LogP contribution in [-0.4, -0.2) is 35.9 Å². The Morgan fingerprint density at radius 2 is 1.71 bits per heavy atom. The van der Waals surface area contributed by atoms with Crippen LogP contribution in [0.5, 0.6) is 5.75 Å². The molecule has 9 nitrogen and oxygen atoms in total. The molecule has 0 bridgehead atoms. The van der Waals surface area contributed by atoms with Crippen LogP contribution in [0.15, 0.2) is 71.9 Å². The molecule has 1 amide bonds. The van der Waals surface area contributed by atoms with Gasteiger partial charge in [-0.25, -0.2) is 13.1 Å². The molecule has 0 aliphatic carbocycles. The molecule has 0 aliphatic rings. The first-order chi connectivity index (χ1) is 13.4. The molecule has 3 aromatic rings. The van der Waals surface area contributed by atoms with E-state index in [2.05, 4.69) is 14.9 Å². The first-order valence-corrected chi connectivity index (χ1v) is 9.85. The SMILES string of the molecule is NC(=O)COc1ccc(S(=O)(=O)N[C@H](Cn2nccn2)c2ccccc2)cc1. The molecule has 0 radical (unpaired) electrons. The molecular formula is C18H19N5O4S. The van der Waals surface area contributed by atoms with E-state index in [-0.39, 0.29) is 18.0 Å². The van der Waals surface area contributed by atoms with Crippen LogP contribution < -0.4 is 15.2 Å². The van der Waals surface area contributed by atoms with Crippen LogP contribution in [0.4, 0.5) is 0 Å². The second-order valence-electron chi connectivity index (χ2n) is 5.89. The van der Waals surface area contributed by atoms with Crippen LogP contribution in [0.1, 0.15) is 11.6 Å². The summed E-state index contributed by atoms with van der Waals surface area (Å²) in [5, 5.41) is 8.09. The average molecular weight is 401 g/mol. The summed E-state index contributed by atoms with van der Waals surface area (Å²) in [7, 11) is -3.82. The predicted molar refractivity (Wildman–Crippen MR) is 101 cm³/mol. The van der Waals surface area contributed by atoms with Gasteiger partial charge < -0.3 is 10.5 Å². The Labute approximate surface area is 162 Å². The van der Waals surface area contributed by atoms with Crippen molar-refractivity contribution in [3.8, 4) is 5.75 Å². The number of benzene rings is 2. The second-order valence-corrected chi connectivity index (χ2v) is 7.61. The molecule has 28 heavy (non-hydrogen) atoms. The Bertz CT molecular complexity index is 1010. The zero-order valence-electron chi connectivity index (χ0n) is 14.8. The van der Waals surface area contributed by atoms with E-state index in [1.807, 2.05) is 30.3 Å². The molecule has 1 atom stereocenters. The van der Waals surface area contributed by atoms with Gasteiger partial charge in [-0.15, -0.1) is 0 Å². The summed E-state index contributed by atoms with van der Waals surface area (Å²) in [5.74, 6) is -0.269. The minimum Gasteiger partial charge on any atom is -0.484 e. The number of ether oxygens (including phenoxy) is 1. The molecule has 146 valence electrons. The van der Waals surface area contributed by atoms with Gasteiger partial charge in [0.05, 0.1) is 29.9 Å². The zero-order valence-corrected chi connectivity index (χ0v) is 15.6. The van der Waals surface area contributed by atoms with E-state index in [4.69, 9.17) is 10.5 Å². The fourth-order valence-electron chi connectivity index (χ4n) is 2.52. The summed E-state index contributed by atoms with van der Waals surface area (Å²) in [5.41, 5.74) is 5.81. The average Bonchev–Trinajstić information content (AvgIpc) is 3.20. The summed E-state index contributed by atoms with van der Waals surface area (Å²) in [6.07, 6.45) is 3.06. The molecule has 0 saturated heterocycles. The van der Waals surface area contributed by atoms with E-state index >= 15 is 0 Å². The van der Waals surface area contributed by atoms with Gasteiger partial charge in [-0.2, -0.15) is 15.0 Å². The fourth-order valence-corrected chi connectivity index (χ4v) is 3.74. The fraction of sp³-hybridized carbons (Fsp3) is 0.167. The van der Waals surface area contributed by atoms with Gasteiger partial charge in [0.2, 0.25) is 10.0 Å². The topological polar surface area (TPSA) is 129 Å². The smallest absolute Gasteiger partial charge is 0.255 e. The maximum Gasteiger partial charge on any atom is 0.255 e. The van der Waals surface area contributed by atoms with E-state index in [0.29, 0.717) is 5.75 Å². The standard InChI is InChI=1S/C18H19N5O4S/c19-18(24)13-27-15-6-8-16(9-7-15)28(25,26)22-17(12-23-20-10-11-21-23)14-4-2-1-3-5-14/h1-11,17,22H,12-13H2,(H2,19,24)/t17-/m1/s1. The minimum atomic E-state index is -3.82. The molecule has 3 N–H and O–H groups in total. The quantitative estimate of drug-likeness (QED) is 0.547. The summed E-state index contributed by atoms with van der Waals surface area (Å²) in [6.45, 7) is -0.0483. The van der Waals surface area contributed by atoms with Gasteiger partial charge in [-0.1, -0.05) is 30.3 Å². The third-order valence-electron chi connectivity index (χ3n) is 3.83. The summed E-state index contributed by atoms with van der Waals surface area (Å²) in [4.78, 5) is 12.2. The monoisotopic (exact) mass is 401 g/mol. The number of rotatable bonds is 9. The maximum absolute atomic E-state index is 12.8. The highest BCUT2D eigenvalue weighted by Crippen LogP contribution is 2.20. The normalized spacial score (nSPS) is 12.4. The summed E-state index contributed by atoms with van der Waals surface area (Å²) in [6, 6.07) is 14.3. The van der Waals surface area contributed by atoms with Crippen molar-refractivity contribution >= 4 is 15.9 Å². The van der Waals surface area contributed by atoms with Crippen molar-refractivity contribution in [3.63, 3.8) is 0 Å². The Hall–Kier alpha value is -3.24. The van der Waals surface area contributed by atoms with Crippen molar-refractivity contribution in [2.24, 2.45) is 5.73 Å². The van der Waals surface area contributed by atoms with Crippen LogP contribution in [-0.2, 0) is 21.4 Å². The van der Waals surface area contributed by atoms with Gasteiger partial charge in [0.25, 0.3) is 5.91 Å². The van der Waals surface area contributed by atoms with E-state index in [0.717, 1.165) is 5.56 Å². The van der Waals surface area contributed by atoms with Crippen LogP contribution in [0.3, 0.4) is 0 Å². The number of nitrogens with one attached hydrogen (secondary N) is 1. The van der Waals surface area contributed by atoms with Gasteiger partial charge >= 0.3 is 0 Å². The Morgan fingerprint density at radius 3 is 2.32 bits per heavy atom. The van der Waals surface area contributed by atoms with Gasteiger partial charge in [0, 0.05) is 0 Å². The van der Waals surface area contributed by atoms with Gasteiger partial charge in [-0.3, -0.25) is 4.79 Å². The molecule has 3 rings (SSSR count). The molecule has 0 saturated carbocycles. The summed E-state index contributed by atoms with van der Waals surface area (Å²) >= 11 is 0. The maximum atomic E-state index is 12.8. The van der Waals surface area contributed by atoms with E-state index in [9.17, 15) is 13.2 Å². The number of carbonyl (C=O) groups excluding carboxylic acids is 1. The Balaban J connectivity index is 1.79. The highest BCUT2D eigenvalue weighted by atomic mass is 32.2. The molecular weight excluding hydrogens is 382 g/mol. The lowest BCUT2D eigenvalue weighted by atomic mass is 10.1. The number of aromatic nitrogens is 3. The predicted octanol–water partition coefficient (Wildman–Crippen LogP) is 0.862. The minimum absolute atomic E-state index is 0.0632. The van der Waals surface area contributed by atoms with Gasteiger partial charge in [-0.05, 0) is 29.8 Å². The second kappa shape index (κ2) is 8.63. The number of sulfonamides is 1. The lowest BCUT2D eigenvalue weighted by Crippen LogP contribution is -2.32. The third kappa shape index (κ3) is 5.15. The molecule has 1 heterocycles. The van der Waals surface area contributed by atoms with Crippen LogP contribution in [0.2, 0.25) is 0 Å².